The minimum atomic E-state index is 0.187. The molecule has 0 aromatic heterocycles. The van der Waals surface area contributed by atoms with Gasteiger partial charge in [-0.1, -0.05) is 29.8 Å². The number of hydrogen-bond acceptors (Lipinski definition) is 4. The van der Waals surface area contributed by atoms with E-state index in [1.165, 1.54) is 16.7 Å². The van der Waals surface area contributed by atoms with Gasteiger partial charge in [0.1, 0.15) is 0 Å². The Morgan fingerprint density at radius 3 is 2.41 bits per heavy atom. The van der Waals surface area contributed by atoms with Crippen LogP contribution in [-0.4, -0.2) is 38.1 Å². The summed E-state index contributed by atoms with van der Waals surface area (Å²) in [7, 11) is 3.28. The number of carbonyl (C=O) groups excluding carboxylic acids is 1. The molecule has 3 rings (SSSR count). The van der Waals surface area contributed by atoms with Crippen molar-refractivity contribution in [3.8, 4) is 11.5 Å². The number of fused-ring (bicyclic) bond motifs is 1. The number of benzene rings is 2. The lowest BCUT2D eigenvalue weighted by atomic mass is 9.98. The highest BCUT2D eigenvalue weighted by molar-refractivity contribution is 5.76. The van der Waals surface area contributed by atoms with Gasteiger partial charge in [-0.15, -0.1) is 0 Å². The van der Waals surface area contributed by atoms with Crippen molar-refractivity contribution < 1.29 is 14.3 Å². The Hall–Kier alpha value is -2.53. The van der Waals surface area contributed by atoms with Crippen LogP contribution < -0.4 is 14.8 Å². The second-order valence-corrected chi connectivity index (χ2v) is 6.95. The highest BCUT2D eigenvalue weighted by Crippen LogP contribution is 2.33. The van der Waals surface area contributed by atoms with E-state index in [0.717, 1.165) is 30.8 Å². The van der Waals surface area contributed by atoms with E-state index in [1.807, 2.05) is 17.0 Å². The summed E-state index contributed by atoms with van der Waals surface area (Å²) in [6.45, 7) is 4.93. The average molecular weight is 368 g/mol. The maximum Gasteiger partial charge on any atom is 0.224 e. The zero-order chi connectivity index (χ0) is 19.2. The van der Waals surface area contributed by atoms with Gasteiger partial charge in [0.15, 0.2) is 11.5 Å². The number of methoxy groups -OCH3 is 2. The fraction of sp³-hybridized carbons (Fsp3) is 0.409. The number of carbonyl (C=O) groups is 1. The topological polar surface area (TPSA) is 50.8 Å². The van der Waals surface area contributed by atoms with Crippen LogP contribution >= 0.6 is 0 Å². The molecular weight excluding hydrogens is 340 g/mol. The maximum atomic E-state index is 12.6. The van der Waals surface area contributed by atoms with E-state index in [1.54, 1.807) is 14.2 Å². The molecule has 1 N–H and O–H groups in total. The third kappa shape index (κ3) is 4.80. The summed E-state index contributed by atoms with van der Waals surface area (Å²) in [6.07, 6.45) is 1.35. The summed E-state index contributed by atoms with van der Waals surface area (Å²) >= 11 is 0. The Bertz CT molecular complexity index is 787. The highest BCUT2D eigenvalue weighted by Gasteiger charge is 2.22. The largest absolute Gasteiger partial charge is 0.493 e. The smallest absolute Gasteiger partial charge is 0.224 e. The van der Waals surface area contributed by atoms with Crippen molar-refractivity contribution in [2.75, 3.05) is 27.3 Å². The molecule has 0 aliphatic carbocycles. The SMILES string of the molecule is COc1cc2c(cc1OC)CN(C(=O)CCNCc1ccc(C)cc1)CC2. The minimum Gasteiger partial charge on any atom is -0.493 e. The van der Waals surface area contributed by atoms with Crippen LogP contribution in [0.5, 0.6) is 11.5 Å². The van der Waals surface area contributed by atoms with Crippen LogP contribution in [0.2, 0.25) is 0 Å². The molecular formula is C22H28N2O3. The Kier molecular flexibility index (Phi) is 6.35. The third-order valence-electron chi connectivity index (χ3n) is 5.04. The number of nitrogens with one attached hydrogen (secondary N) is 1. The Morgan fingerprint density at radius 2 is 1.74 bits per heavy atom. The van der Waals surface area contributed by atoms with Gasteiger partial charge >= 0.3 is 0 Å². The molecule has 0 unspecified atom stereocenters. The van der Waals surface area contributed by atoms with Crippen molar-refractivity contribution in [1.29, 1.82) is 0 Å². The lowest BCUT2D eigenvalue weighted by molar-refractivity contribution is -0.132. The molecule has 2 aromatic carbocycles. The van der Waals surface area contributed by atoms with Gasteiger partial charge in [-0.3, -0.25) is 4.79 Å². The Balaban J connectivity index is 1.50. The predicted octanol–water partition coefficient (Wildman–Crippen LogP) is 3.08. The van der Waals surface area contributed by atoms with E-state index in [9.17, 15) is 4.79 Å². The van der Waals surface area contributed by atoms with Crippen LogP contribution in [0.15, 0.2) is 36.4 Å². The van der Waals surface area contributed by atoms with Gasteiger partial charge in [0.05, 0.1) is 14.2 Å². The van der Waals surface area contributed by atoms with Gasteiger partial charge in [-0.25, -0.2) is 0 Å². The fourth-order valence-corrected chi connectivity index (χ4v) is 3.39. The molecule has 1 aliphatic heterocycles. The van der Waals surface area contributed by atoms with E-state index in [-0.39, 0.29) is 5.91 Å². The molecule has 0 saturated heterocycles. The van der Waals surface area contributed by atoms with Gasteiger partial charge in [-0.05, 0) is 42.2 Å². The number of aryl methyl sites for hydroxylation is 1. The van der Waals surface area contributed by atoms with Crippen molar-refractivity contribution in [2.45, 2.75) is 32.9 Å². The molecule has 5 nitrogen and oxygen atoms in total. The number of hydrogen-bond donors (Lipinski definition) is 1. The zero-order valence-electron chi connectivity index (χ0n) is 16.4. The first-order valence-electron chi connectivity index (χ1n) is 9.38. The maximum absolute atomic E-state index is 12.6. The second-order valence-electron chi connectivity index (χ2n) is 6.95. The lowest BCUT2D eigenvalue weighted by Gasteiger charge is -2.29. The first-order valence-corrected chi connectivity index (χ1v) is 9.38. The van der Waals surface area contributed by atoms with Crippen LogP contribution in [0.3, 0.4) is 0 Å². The zero-order valence-corrected chi connectivity index (χ0v) is 16.4. The van der Waals surface area contributed by atoms with Crippen LogP contribution in [0.25, 0.3) is 0 Å². The standard InChI is InChI=1S/C22H28N2O3/c1-16-4-6-17(7-5-16)14-23-10-8-22(25)24-11-9-18-12-20(26-2)21(27-3)13-19(18)15-24/h4-7,12-13,23H,8-11,14-15H2,1-3H3. The summed E-state index contributed by atoms with van der Waals surface area (Å²) in [5.74, 6) is 1.65. The van der Waals surface area contributed by atoms with Crippen molar-refractivity contribution in [3.05, 3.63) is 58.7 Å². The van der Waals surface area contributed by atoms with Gasteiger partial charge in [0.2, 0.25) is 5.91 Å². The molecule has 0 bridgehead atoms. The minimum absolute atomic E-state index is 0.187. The molecule has 0 saturated carbocycles. The number of nitrogens with zero attached hydrogens (tertiary/aromatic N) is 1. The van der Waals surface area contributed by atoms with Crippen molar-refractivity contribution in [3.63, 3.8) is 0 Å². The summed E-state index contributed by atoms with van der Waals surface area (Å²) < 4.78 is 10.8. The highest BCUT2D eigenvalue weighted by atomic mass is 16.5. The van der Waals surface area contributed by atoms with Crippen LogP contribution in [0, 0.1) is 6.92 Å². The molecule has 1 aliphatic rings. The predicted molar refractivity (Wildman–Crippen MR) is 106 cm³/mol. The van der Waals surface area contributed by atoms with E-state index >= 15 is 0 Å². The molecule has 2 aromatic rings. The van der Waals surface area contributed by atoms with Crippen molar-refractivity contribution in [1.82, 2.24) is 10.2 Å². The molecule has 0 atom stereocenters. The lowest BCUT2D eigenvalue weighted by Crippen LogP contribution is -2.37. The summed E-state index contributed by atoms with van der Waals surface area (Å²) in [5.41, 5.74) is 4.86. The van der Waals surface area contributed by atoms with Crippen molar-refractivity contribution >= 4 is 5.91 Å². The first kappa shape index (κ1) is 19.2. The first-order chi connectivity index (χ1) is 13.1. The quantitative estimate of drug-likeness (QED) is 0.763. The molecule has 1 amide bonds. The van der Waals surface area contributed by atoms with E-state index < -0.39 is 0 Å². The molecule has 144 valence electrons. The van der Waals surface area contributed by atoms with E-state index in [2.05, 4.69) is 36.5 Å². The Labute approximate surface area is 161 Å². The third-order valence-corrected chi connectivity index (χ3v) is 5.04. The molecule has 0 radical (unpaired) electrons. The van der Waals surface area contributed by atoms with E-state index in [4.69, 9.17) is 9.47 Å². The average Bonchev–Trinajstić information content (AvgIpc) is 2.70. The van der Waals surface area contributed by atoms with Crippen LogP contribution in [-0.2, 0) is 24.3 Å². The molecule has 5 heteroatoms. The van der Waals surface area contributed by atoms with E-state index in [0.29, 0.717) is 25.3 Å². The van der Waals surface area contributed by atoms with Gasteiger partial charge in [0.25, 0.3) is 0 Å². The molecule has 1 heterocycles. The second kappa shape index (κ2) is 8.91. The number of rotatable bonds is 7. The number of amides is 1. The molecule has 0 spiro atoms. The molecule has 27 heavy (non-hydrogen) atoms. The van der Waals surface area contributed by atoms with Gasteiger partial charge in [0, 0.05) is 32.6 Å². The Morgan fingerprint density at radius 1 is 1.07 bits per heavy atom. The monoisotopic (exact) mass is 368 g/mol. The van der Waals surface area contributed by atoms with Gasteiger partial charge < -0.3 is 19.7 Å². The number of ether oxygens (including phenoxy) is 2. The summed E-state index contributed by atoms with van der Waals surface area (Å²) in [5, 5.41) is 3.36. The van der Waals surface area contributed by atoms with Crippen molar-refractivity contribution in [2.24, 2.45) is 0 Å². The molecule has 0 fully saturated rings. The fourth-order valence-electron chi connectivity index (χ4n) is 3.39. The van der Waals surface area contributed by atoms with Gasteiger partial charge in [-0.2, -0.15) is 0 Å². The summed E-state index contributed by atoms with van der Waals surface area (Å²) in [4.78, 5) is 14.5. The normalized spacial score (nSPS) is 13.2. The van der Waals surface area contributed by atoms with Crippen LogP contribution in [0.1, 0.15) is 28.7 Å². The van der Waals surface area contributed by atoms with Crippen LogP contribution in [0.4, 0.5) is 0 Å². The summed E-state index contributed by atoms with van der Waals surface area (Å²) in [6, 6.07) is 12.5.